The van der Waals surface area contributed by atoms with E-state index in [-0.39, 0.29) is 0 Å². The van der Waals surface area contributed by atoms with E-state index >= 15 is 0 Å². The predicted molar refractivity (Wildman–Crippen MR) is 70.9 cm³/mol. The Labute approximate surface area is 102 Å². The van der Waals surface area contributed by atoms with Gasteiger partial charge in [-0.1, -0.05) is 19.1 Å². The number of nitrogens with two attached hydrogens (primary N) is 1. The van der Waals surface area contributed by atoms with Gasteiger partial charge < -0.3 is 5.73 Å². The van der Waals surface area contributed by atoms with E-state index in [1.165, 1.54) is 41.4 Å². The van der Waals surface area contributed by atoms with Gasteiger partial charge in [-0.05, 0) is 18.9 Å². The van der Waals surface area contributed by atoms with Crippen molar-refractivity contribution in [3.8, 4) is 0 Å². The zero-order valence-corrected chi connectivity index (χ0v) is 10.4. The van der Waals surface area contributed by atoms with Crippen molar-refractivity contribution in [1.29, 1.82) is 0 Å². The second-order valence-corrected chi connectivity index (χ2v) is 4.86. The van der Waals surface area contributed by atoms with Crippen molar-refractivity contribution in [2.75, 3.05) is 5.73 Å². The molecule has 2 N–H and O–H groups in total. The van der Waals surface area contributed by atoms with E-state index < -0.39 is 0 Å². The standard InChI is InChI=1S/C15H18N2/c1-2-10-17-13-8-4-3-6-11(13)15(16)12-7-5-9-14(12)17/h3-4,6,8,16H,2,5,7,9-10H2,1H3/p+1. The predicted octanol–water partition coefficient (Wildman–Crippen LogP) is 2.61. The minimum atomic E-state index is 1.01. The van der Waals surface area contributed by atoms with Gasteiger partial charge >= 0.3 is 0 Å². The van der Waals surface area contributed by atoms with Crippen molar-refractivity contribution in [3.63, 3.8) is 0 Å². The van der Waals surface area contributed by atoms with Crippen LogP contribution < -0.4 is 10.3 Å². The van der Waals surface area contributed by atoms with Crippen LogP contribution in [0.5, 0.6) is 0 Å². The molecule has 3 rings (SSSR count). The van der Waals surface area contributed by atoms with E-state index in [2.05, 4.69) is 35.8 Å². The second kappa shape index (κ2) is 4.02. The van der Waals surface area contributed by atoms with E-state index in [1.54, 1.807) is 0 Å². The van der Waals surface area contributed by atoms with Gasteiger partial charge in [0.05, 0.1) is 11.1 Å². The van der Waals surface area contributed by atoms with Crippen LogP contribution in [0.1, 0.15) is 31.0 Å². The van der Waals surface area contributed by atoms with Crippen molar-refractivity contribution in [2.45, 2.75) is 39.2 Å². The molecular weight excluding hydrogens is 208 g/mol. The van der Waals surface area contributed by atoms with Gasteiger partial charge in [-0.25, -0.2) is 0 Å². The summed E-state index contributed by atoms with van der Waals surface area (Å²) in [6.45, 7) is 3.34. The first-order valence-electron chi connectivity index (χ1n) is 6.54. The third-order valence-electron chi connectivity index (χ3n) is 3.77. The highest BCUT2D eigenvalue weighted by Crippen LogP contribution is 2.30. The van der Waals surface area contributed by atoms with E-state index in [0.29, 0.717) is 0 Å². The third kappa shape index (κ3) is 1.51. The van der Waals surface area contributed by atoms with Crippen molar-refractivity contribution < 1.29 is 4.57 Å². The van der Waals surface area contributed by atoms with Crippen LogP contribution in [0.3, 0.4) is 0 Å². The Morgan fingerprint density at radius 3 is 2.88 bits per heavy atom. The minimum absolute atomic E-state index is 1.01. The molecule has 17 heavy (non-hydrogen) atoms. The molecule has 0 radical (unpaired) electrons. The van der Waals surface area contributed by atoms with E-state index in [0.717, 1.165) is 18.7 Å². The largest absolute Gasteiger partial charge is 0.398 e. The highest BCUT2D eigenvalue weighted by molar-refractivity contribution is 5.90. The molecule has 2 nitrogen and oxygen atoms in total. The number of hydrogen-bond donors (Lipinski definition) is 1. The molecule has 1 aliphatic carbocycles. The lowest BCUT2D eigenvalue weighted by atomic mass is 10.1. The van der Waals surface area contributed by atoms with Crippen molar-refractivity contribution in [1.82, 2.24) is 0 Å². The first-order chi connectivity index (χ1) is 8.33. The van der Waals surface area contributed by atoms with Crippen molar-refractivity contribution >= 4 is 16.6 Å². The van der Waals surface area contributed by atoms with E-state index in [9.17, 15) is 0 Å². The van der Waals surface area contributed by atoms with E-state index in [4.69, 9.17) is 5.73 Å². The number of nitrogens with zero attached hydrogens (tertiary/aromatic N) is 1. The van der Waals surface area contributed by atoms with Gasteiger partial charge in [-0.2, -0.15) is 4.57 Å². The van der Waals surface area contributed by atoms with Crippen LogP contribution in [-0.2, 0) is 19.4 Å². The van der Waals surface area contributed by atoms with Gasteiger partial charge in [0, 0.05) is 24.5 Å². The number of nitrogen functional groups attached to an aromatic ring is 1. The fourth-order valence-electron chi connectivity index (χ4n) is 3.04. The number of aromatic nitrogens is 1. The average molecular weight is 227 g/mol. The summed E-state index contributed by atoms with van der Waals surface area (Å²) in [5.74, 6) is 0. The molecule has 0 atom stereocenters. The van der Waals surface area contributed by atoms with Crippen LogP contribution in [0.15, 0.2) is 24.3 Å². The van der Waals surface area contributed by atoms with Crippen LogP contribution in [0, 0.1) is 0 Å². The molecular formula is C15H19N2+. The summed E-state index contributed by atoms with van der Waals surface area (Å²) < 4.78 is 2.48. The Hall–Kier alpha value is -1.57. The number of benzene rings is 1. The van der Waals surface area contributed by atoms with Crippen molar-refractivity contribution in [2.24, 2.45) is 0 Å². The number of rotatable bonds is 2. The summed E-state index contributed by atoms with van der Waals surface area (Å²) in [5.41, 5.74) is 11.5. The van der Waals surface area contributed by atoms with Gasteiger partial charge in [-0.15, -0.1) is 0 Å². The monoisotopic (exact) mass is 227 g/mol. The summed E-state index contributed by atoms with van der Waals surface area (Å²) >= 11 is 0. The number of aryl methyl sites for hydroxylation is 1. The SMILES string of the molecule is CCC[n+]1c2c(c(N)c3ccccc31)CCC2. The fourth-order valence-corrected chi connectivity index (χ4v) is 3.04. The molecule has 0 saturated carbocycles. The van der Waals surface area contributed by atoms with E-state index in [1.807, 2.05) is 0 Å². The molecule has 1 aromatic heterocycles. The molecule has 2 aromatic rings. The lowest BCUT2D eigenvalue weighted by molar-refractivity contribution is -0.678. The molecule has 0 saturated heterocycles. The highest BCUT2D eigenvalue weighted by Gasteiger charge is 2.27. The smallest absolute Gasteiger partial charge is 0.214 e. The zero-order valence-electron chi connectivity index (χ0n) is 10.4. The summed E-state index contributed by atoms with van der Waals surface area (Å²) in [6.07, 6.45) is 4.75. The molecule has 0 aliphatic heterocycles. The number of para-hydroxylation sites is 1. The molecule has 1 aliphatic rings. The first-order valence-corrected chi connectivity index (χ1v) is 6.54. The number of fused-ring (bicyclic) bond motifs is 2. The molecule has 0 spiro atoms. The summed E-state index contributed by atoms with van der Waals surface area (Å²) in [4.78, 5) is 0. The Kier molecular flexibility index (Phi) is 2.50. The topological polar surface area (TPSA) is 29.9 Å². The summed E-state index contributed by atoms with van der Waals surface area (Å²) in [7, 11) is 0. The molecule has 0 amide bonds. The maximum absolute atomic E-state index is 6.32. The third-order valence-corrected chi connectivity index (χ3v) is 3.77. The van der Waals surface area contributed by atoms with Crippen molar-refractivity contribution in [3.05, 3.63) is 35.5 Å². The molecule has 0 bridgehead atoms. The maximum atomic E-state index is 6.32. The second-order valence-electron chi connectivity index (χ2n) is 4.86. The molecule has 2 heteroatoms. The van der Waals surface area contributed by atoms with Gasteiger partial charge in [0.15, 0.2) is 5.69 Å². The summed E-state index contributed by atoms with van der Waals surface area (Å²) in [5, 5.41) is 1.22. The average Bonchev–Trinajstić information content (AvgIpc) is 2.84. The number of anilines is 1. The molecule has 1 aromatic carbocycles. The molecule has 88 valence electrons. The molecule has 0 fully saturated rings. The van der Waals surface area contributed by atoms with Crippen LogP contribution in [-0.4, -0.2) is 0 Å². The lowest BCUT2D eigenvalue weighted by Gasteiger charge is -2.09. The Morgan fingerprint density at radius 1 is 1.24 bits per heavy atom. The number of hydrogen-bond acceptors (Lipinski definition) is 1. The Morgan fingerprint density at radius 2 is 2.06 bits per heavy atom. The first kappa shape index (κ1) is 10.6. The normalized spacial score (nSPS) is 14.2. The minimum Gasteiger partial charge on any atom is -0.398 e. The quantitative estimate of drug-likeness (QED) is 0.785. The number of pyridine rings is 1. The lowest BCUT2D eigenvalue weighted by Crippen LogP contribution is -2.39. The highest BCUT2D eigenvalue weighted by atomic mass is 15.0. The van der Waals surface area contributed by atoms with Gasteiger partial charge in [0.1, 0.15) is 6.54 Å². The Balaban J connectivity index is 2.39. The Bertz CT molecular complexity index is 573. The zero-order chi connectivity index (χ0) is 11.8. The van der Waals surface area contributed by atoms with Gasteiger partial charge in [0.25, 0.3) is 0 Å². The van der Waals surface area contributed by atoms with Gasteiger partial charge in [-0.3, -0.25) is 0 Å². The fraction of sp³-hybridized carbons (Fsp3) is 0.400. The van der Waals surface area contributed by atoms with Gasteiger partial charge in [0.2, 0.25) is 5.52 Å². The molecule has 0 unspecified atom stereocenters. The van der Waals surface area contributed by atoms with Crippen LogP contribution in [0.25, 0.3) is 10.9 Å². The van der Waals surface area contributed by atoms with Crippen LogP contribution >= 0.6 is 0 Å². The summed E-state index contributed by atoms with van der Waals surface area (Å²) in [6, 6.07) is 8.53. The molecule has 1 heterocycles. The van der Waals surface area contributed by atoms with Crippen LogP contribution in [0.4, 0.5) is 5.69 Å². The van der Waals surface area contributed by atoms with Crippen LogP contribution in [0.2, 0.25) is 0 Å². The maximum Gasteiger partial charge on any atom is 0.214 e.